The van der Waals surface area contributed by atoms with Crippen LogP contribution >= 0.6 is 0 Å². The zero-order chi connectivity index (χ0) is 15.5. The van der Waals surface area contributed by atoms with E-state index in [1.165, 1.54) is 11.6 Å². The van der Waals surface area contributed by atoms with Crippen LogP contribution in [0, 0.1) is 0 Å². The molecule has 2 atom stereocenters. The SMILES string of the molecule is C[C@@H]1c2cc3c(C(F)(F)F)cc(=O)n(C)c3cc2N[C@@H]1C. The average Bonchev–Trinajstić information content (AvgIpc) is 2.66. The van der Waals surface area contributed by atoms with Gasteiger partial charge < -0.3 is 9.88 Å². The van der Waals surface area contributed by atoms with Crippen LogP contribution in [-0.2, 0) is 13.2 Å². The van der Waals surface area contributed by atoms with Crippen molar-refractivity contribution in [2.24, 2.45) is 7.05 Å². The van der Waals surface area contributed by atoms with Crippen molar-refractivity contribution in [2.75, 3.05) is 5.32 Å². The molecular formula is C15H15F3N2O. The van der Waals surface area contributed by atoms with Crippen molar-refractivity contribution in [3.63, 3.8) is 0 Å². The van der Waals surface area contributed by atoms with Gasteiger partial charge in [-0.3, -0.25) is 4.79 Å². The number of hydrogen-bond donors (Lipinski definition) is 1. The van der Waals surface area contributed by atoms with E-state index in [-0.39, 0.29) is 17.3 Å². The second kappa shape index (κ2) is 4.26. The first-order chi connectivity index (χ1) is 9.70. The zero-order valence-electron chi connectivity index (χ0n) is 11.9. The van der Waals surface area contributed by atoms with Crippen LogP contribution in [-0.4, -0.2) is 10.6 Å². The van der Waals surface area contributed by atoms with Crippen LogP contribution in [0.3, 0.4) is 0 Å². The highest BCUT2D eigenvalue weighted by molar-refractivity contribution is 5.89. The lowest BCUT2D eigenvalue weighted by Gasteiger charge is -2.15. The van der Waals surface area contributed by atoms with Crippen LogP contribution < -0.4 is 10.9 Å². The lowest BCUT2D eigenvalue weighted by atomic mass is 9.95. The van der Waals surface area contributed by atoms with Gasteiger partial charge in [-0.25, -0.2) is 0 Å². The van der Waals surface area contributed by atoms with Crippen molar-refractivity contribution < 1.29 is 13.2 Å². The molecule has 1 aliphatic heterocycles. The molecule has 0 bridgehead atoms. The highest BCUT2D eigenvalue weighted by Crippen LogP contribution is 2.41. The number of benzene rings is 1. The number of pyridine rings is 1. The van der Waals surface area contributed by atoms with Crippen LogP contribution in [0.1, 0.15) is 30.9 Å². The monoisotopic (exact) mass is 296 g/mol. The van der Waals surface area contributed by atoms with Crippen molar-refractivity contribution in [1.29, 1.82) is 0 Å². The van der Waals surface area contributed by atoms with E-state index in [1.54, 1.807) is 12.1 Å². The molecular weight excluding hydrogens is 281 g/mol. The van der Waals surface area contributed by atoms with Gasteiger partial charge in [0.2, 0.25) is 0 Å². The molecule has 6 heteroatoms. The Bertz CT molecular complexity index is 792. The minimum absolute atomic E-state index is 0.0751. The van der Waals surface area contributed by atoms with Gasteiger partial charge in [0.05, 0.1) is 11.1 Å². The Morgan fingerprint density at radius 1 is 1.19 bits per heavy atom. The maximum atomic E-state index is 13.2. The van der Waals surface area contributed by atoms with Gasteiger partial charge in [0.15, 0.2) is 0 Å². The maximum Gasteiger partial charge on any atom is 0.417 e. The molecule has 0 unspecified atom stereocenters. The molecule has 1 N–H and O–H groups in total. The number of anilines is 1. The molecule has 2 aromatic rings. The first-order valence-corrected chi connectivity index (χ1v) is 6.71. The molecule has 0 amide bonds. The van der Waals surface area contributed by atoms with Gasteiger partial charge in [-0.1, -0.05) is 6.92 Å². The van der Waals surface area contributed by atoms with Gasteiger partial charge in [-0.2, -0.15) is 13.2 Å². The smallest absolute Gasteiger partial charge is 0.382 e. The van der Waals surface area contributed by atoms with Gasteiger partial charge in [-0.15, -0.1) is 0 Å². The van der Waals surface area contributed by atoms with E-state index in [0.29, 0.717) is 11.6 Å². The summed E-state index contributed by atoms with van der Waals surface area (Å²) in [7, 11) is 1.49. The van der Waals surface area contributed by atoms with Crippen LogP contribution in [0.4, 0.5) is 18.9 Å². The fraction of sp³-hybridized carbons (Fsp3) is 0.400. The fourth-order valence-electron chi connectivity index (χ4n) is 2.89. The van der Waals surface area contributed by atoms with E-state index in [4.69, 9.17) is 0 Å². The third-order valence-electron chi connectivity index (χ3n) is 4.35. The summed E-state index contributed by atoms with van der Waals surface area (Å²) >= 11 is 0. The number of nitrogens with zero attached hydrogens (tertiary/aromatic N) is 1. The Morgan fingerprint density at radius 2 is 1.86 bits per heavy atom. The first kappa shape index (κ1) is 14.0. The summed E-state index contributed by atoms with van der Waals surface area (Å²) in [6.07, 6.45) is -4.54. The molecule has 112 valence electrons. The quantitative estimate of drug-likeness (QED) is 0.807. The van der Waals surface area contributed by atoms with E-state index in [2.05, 4.69) is 5.32 Å². The highest BCUT2D eigenvalue weighted by atomic mass is 19.4. The molecule has 0 saturated heterocycles. The third kappa shape index (κ3) is 2.01. The zero-order valence-corrected chi connectivity index (χ0v) is 11.9. The van der Waals surface area contributed by atoms with Crippen molar-refractivity contribution >= 4 is 16.6 Å². The van der Waals surface area contributed by atoms with Gasteiger partial charge in [0.1, 0.15) is 0 Å². The number of nitrogens with one attached hydrogen (secondary N) is 1. The summed E-state index contributed by atoms with van der Waals surface area (Å²) in [4.78, 5) is 11.8. The largest absolute Gasteiger partial charge is 0.417 e. The molecule has 3 nitrogen and oxygen atoms in total. The van der Waals surface area contributed by atoms with E-state index in [0.717, 1.165) is 11.3 Å². The second-order valence-electron chi connectivity index (χ2n) is 5.63. The molecule has 1 aromatic heterocycles. The van der Waals surface area contributed by atoms with Crippen LogP contribution in [0.5, 0.6) is 0 Å². The van der Waals surface area contributed by atoms with E-state index < -0.39 is 17.3 Å². The van der Waals surface area contributed by atoms with Crippen molar-refractivity contribution in [3.8, 4) is 0 Å². The van der Waals surface area contributed by atoms with Gasteiger partial charge >= 0.3 is 6.18 Å². The number of aromatic nitrogens is 1. The molecule has 2 heterocycles. The van der Waals surface area contributed by atoms with Gasteiger partial charge in [0, 0.05) is 36.1 Å². The van der Waals surface area contributed by atoms with Gasteiger partial charge in [0.25, 0.3) is 5.56 Å². The molecule has 0 fully saturated rings. The molecule has 0 radical (unpaired) electrons. The summed E-state index contributed by atoms with van der Waals surface area (Å²) in [5.74, 6) is 0.128. The average molecular weight is 296 g/mol. The molecule has 1 aliphatic rings. The summed E-state index contributed by atoms with van der Waals surface area (Å²) in [6.45, 7) is 3.96. The fourth-order valence-corrected chi connectivity index (χ4v) is 2.89. The number of rotatable bonds is 0. The second-order valence-corrected chi connectivity index (χ2v) is 5.63. The topological polar surface area (TPSA) is 34.0 Å². The number of aryl methyl sites for hydroxylation is 1. The summed E-state index contributed by atoms with van der Waals surface area (Å²) in [5.41, 5.74) is 0.433. The molecule has 3 rings (SSSR count). The van der Waals surface area contributed by atoms with E-state index in [1.807, 2.05) is 13.8 Å². The normalized spacial score (nSPS) is 21.4. The third-order valence-corrected chi connectivity index (χ3v) is 4.35. The Morgan fingerprint density at radius 3 is 2.48 bits per heavy atom. The lowest BCUT2D eigenvalue weighted by molar-refractivity contribution is -0.136. The van der Waals surface area contributed by atoms with Gasteiger partial charge in [-0.05, 0) is 24.6 Å². The summed E-state index contributed by atoms with van der Waals surface area (Å²) < 4.78 is 40.8. The Balaban J connectivity index is 2.42. The summed E-state index contributed by atoms with van der Waals surface area (Å²) in [5, 5.41) is 3.32. The van der Waals surface area contributed by atoms with Crippen LogP contribution in [0.15, 0.2) is 23.0 Å². The van der Waals surface area contributed by atoms with Crippen molar-refractivity contribution in [1.82, 2.24) is 4.57 Å². The maximum absolute atomic E-state index is 13.2. The number of fused-ring (bicyclic) bond motifs is 2. The lowest BCUT2D eigenvalue weighted by Crippen LogP contribution is -2.20. The Kier molecular flexibility index (Phi) is 2.83. The molecule has 21 heavy (non-hydrogen) atoms. The van der Waals surface area contributed by atoms with Crippen molar-refractivity contribution in [3.05, 3.63) is 39.7 Å². The molecule has 0 aliphatic carbocycles. The Hall–Kier alpha value is -1.98. The number of halogens is 3. The van der Waals surface area contributed by atoms with Crippen LogP contribution in [0.2, 0.25) is 0 Å². The predicted molar refractivity (Wildman–Crippen MR) is 75.7 cm³/mol. The van der Waals surface area contributed by atoms with Crippen molar-refractivity contribution in [2.45, 2.75) is 32.0 Å². The molecule has 1 aromatic carbocycles. The standard InChI is InChI=1S/C15H15F3N2O/c1-7-8(2)19-12-6-13-10(4-9(7)12)11(15(16,17)18)5-14(21)20(13)3/h4-8,19H,1-3H3/t7-,8+/m0/s1. The Labute approximate surface area is 119 Å². The number of alkyl halides is 3. The first-order valence-electron chi connectivity index (χ1n) is 6.71. The minimum Gasteiger partial charge on any atom is -0.382 e. The van der Waals surface area contributed by atoms with Crippen LogP contribution in [0.25, 0.3) is 10.9 Å². The molecule has 0 saturated carbocycles. The van der Waals surface area contributed by atoms with E-state index >= 15 is 0 Å². The minimum atomic E-state index is -4.54. The van der Waals surface area contributed by atoms with E-state index in [9.17, 15) is 18.0 Å². The number of hydrogen-bond acceptors (Lipinski definition) is 2. The highest BCUT2D eigenvalue weighted by Gasteiger charge is 2.35. The summed E-state index contributed by atoms with van der Waals surface area (Å²) in [6, 6.07) is 4.03. The predicted octanol–water partition coefficient (Wildman–Crippen LogP) is 3.47. The molecule has 0 spiro atoms.